The lowest BCUT2D eigenvalue weighted by Crippen LogP contribution is -2.60. The molecule has 0 unspecified atom stereocenters. The number of hydrogen-bond donors (Lipinski definition) is 4. The molecule has 0 saturated carbocycles. The lowest BCUT2D eigenvalue weighted by Gasteiger charge is -2.41. The number of nitrogens with one attached hydrogen (secondary N) is 2. The van der Waals surface area contributed by atoms with Gasteiger partial charge in [-0.2, -0.15) is 0 Å². The molecule has 2 aromatic rings. The highest BCUT2D eigenvalue weighted by Gasteiger charge is 2.32. The smallest absolute Gasteiger partial charge is 0.279 e. The van der Waals surface area contributed by atoms with Gasteiger partial charge in [0.15, 0.2) is 6.54 Å². The van der Waals surface area contributed by atoms with Crippen molar-refractivity contribution in [2.24, 2.45) is 0 Å². The molecular weight excluding hydrogens is 452 g/mol. The maximum absolute atomic E-state index is 12.7. The van der Waals surface area contributed by atoms with Crippen molar-refractivity contribution >= 4 is 23.2 Å². The summed E-state index contributed by atoms with van der Waals surface area (Å²) < 4.78 is 11.0. The van der Waals surface area contributed by atoms with E-state index in [1.165, 1.54) is 14.2 Å². The zero-order chi connectivity index (χ0) is 25.8. The molecule has 10 nitrogen and oxygen atoms in total. The Balaban J connectivity index is 1.51. The van der Waals surface area contributed by atoms with E-state index in [9.17, 15) is 19.8 Å². The van der Waals surface area contributed by atoms with E-state index in [2.05, 4.69) is 10.6 Å². The molecule has 190 valence electrons. The van der Waals surface area contributed by atoms with Crippen LogP contribution in [0, 0.1) is 13.8 Å². The van der Waals surface area contributed by atoms with Crippen LogP contribution in [0.2, 0.25) is 0 Å². The molecule has 1 heterocycles. The molecule has 0 spiro atoms. The van der Waals surface area contributed by atoms with Gasteiger partial charge in [0.1, 0.15) is 23.0 Å². The van der Waals surface area contributed by atoms with Gasteiger partial charge in [0, 0.05) is 25.2 Å². The van der Waals surface area contributed by atoms with E-state index in [4.69, 9.17) is 9.47 Å². The van der Waals surface area contributed by atoms with Crippen molar-refractivity contribution < 1.29 is 33.8 Å². The second-order valence-corrected chi connectivity index (χ2v) is 9.28. The Hall–Kier alpha value is -3.50. The van der Waals surface area contributed by atoms with E-state index in [-0.39, 0.29) is 36.4 Å². The van der Waals surface area contributed by atoms with E-state index >= 15 is 0 Å². The van der Waals surface area contributed by atoms with Crippen molar-refractivity contribution in [3.63, 3.8) is 0 Å². The average Bonchev–Trinajstić information content (AvgIpc) is 2.79. The molecule has 1 saturated heterocycles. The summed E-state index contributed by atoms with van der Waals surface area (Å²) in [6.07, 6.45) is 0. The number of nitrogens with zero attached hydrogens (tertiary/aromatic N) is 2. The first-order valence-electron chi connectivity index (χ1n) is 11.4. The summed E-state index contributed by atoms with van der Waals surface area (Å²) in [6.45, 7) is 6.71. The van der Waals surface area contributed by atoms with Gasteiger partial charge in [-0.3, -0.25) is 14.5 Å². The fourth-order valence-corrected chi connectivity index (χ4v) is 4.22. The van der Waals surface area contributed by atoms with Crippen LogP contribution >= 0.6 is 0 Å². The topological polar surface area (TPSA) is 120 Å². The van der Waals surface area contributed by atoms with Gasteiger partial charge in [-0.25, -0.2) is 0 Å². The number of amides is 2. The zero-order valence-corrected chi connectivity index (χ0v) is 21.0. The third kappa shape index (κ3) is 6.55. The minimum absolute atomic E-state index is 0.00707. The van der Waals surface area contributed by atoms with Crippen molar-refractivity contribution in [3.05, 3.63) is 35.4 Å². The Kier molecular flexibility index (Phi) is 8.08. The van der Waals surface area contributed by atoms with E-state index in [1.807, 2.05) is 25.8 Å². The number of carbonyl (C=O) groups is 2. The fraction of sp³-hybridized carbons (Fsp3) is 0.440. The Morgan fingerprint density at radius 1 is 0.886 bits per heavy atom. The number of quaternary nitrogens is 1. The summed E-state index contributed by atoms with van der Waals surface area (Å²) in [5, 5.41) is 25.8. The molecule has 2 amide bonds. The van der Waals surface area contributed by atoms with Gasteiger partial charge in [0.2, 0.25) is 5.91 Å². The van der Waals surface area contributed by atoms with Gasteiger partial charge >= 0.3 is 0 Å². The Morgan fingerprint density at radius 3 is 1.80 bits per heavy atom. The van der Waals surface area contributed by atoms with Crippen LogP contribution in [0.5, 0.6) is 23.0 Å². The fourth-order valence-electron chi connectivity index (χ4n) is 4.22. The highest BCUT2D eigenvalue weighted by Crippen LogP contribution is 2.32. The number of carbonyl (C=O) groups excluding carboxylic acids is 2. The van der Waals surface area contributed by atoms with Gasteiger partial charge in [-0.05, 0) is 37.1 Å². The van der Waals surface area contributed by atoms with Crippen LogP contribution in [0.4, 0.5) is 11.4 Å². The molecular formula is C25H35N4O6+. The first kappa shape index (κ1) is 26.1. The van der Waals surface area contributed by atoms with Crippen LogP contribution in [-0.4, -0.2) is 91.9 Å². The number of piperazine rings is 1. The normalized spacial score (nSPS) is 15.3. The first-order chi connectivity index (χ1) is 16.5. The zero-order valence-electron chi connectivity index (χ0n) is 21.0. The monoisotopic (exact) mass is 487 g/mol. The third-order valence-electron chi connectivity index (χ3n) is 6.38. The van der Waals surface area contributed by atoms with Gasteiger partial charge in [-0.1, -0.05) is 0 Å². The van der Waals surface area contributed by atoms with Crippen molar-refractivity contribution in [3.8, 4) is 23.0 Å². The predicted molar refractivity (Wildman–Crippen MR) is 133 cm³/mol. The molecule has 0 aliphatic carbocycles. The Labute approximate surface area is 205 Å². The molecule has 0 aromatic heterocycles. The SMILES string of the molecule is COc1cc(NC(=O)CN2CC[N+](C)(CC(=O)Nc3cc(OC)c(C)cc3O)CC2)c(O)cc1C. The van der Waals surface area contributed by atoms with Crippen LogP contribution in [0.15, 0.2) is 24.3 Å². The van der Waals surface area contributed by atoms with Crippen LogP contribution in [-0.2, 0) is 9.59 Å². The molecule has 2 aromatic carbocycles. The van der Waals surface area contributed by atoms with Crippen LogP contribution in [0.3, 0.4) is 0 Å². The molecule has 1 fully saturated rings. The number of phenolic OH excluding ortho intramolecular Hbond substituents is 2. The molecule has 4 N–H and O–H groups in total. The molecule has 0 bridgehead atoms. The summed E-state index contributed by atoms with van der Waals surface area (Å²) >= 11 is 0. The summed E-state index contributed by atoms with van der Waals surface area (Å²) in [4.78, 5) is 27.3. The van der Waals surface area contributed by atoms with Crippen LogP contribution < -0.4 is 20.1 Å². The number of likely N-dealkylation sites (N-methyl/N-ethyl adjacent to an activating group) is 1. The number of benzene rings is 2. The number of rotatable bonds is 8. The minimum Gasteiger partial charge on any atom is -0.506 e. The number of hydrogen-bond acceptors (Lipinski definition) is 7. The molecule has 0 radical (unpaired) electrons. The van der Waals surface area contributed by atoms with E-state index in [1.54, 1.807) is 24.3 Å². The van der Waals surface area contributed by atoms with Crippen LogP contribution in [0.25, 0.3) is 0 Å². The van der Waals surface area contributed by atoms with Gasteiger partial charge in [0.25, 0.3) is 5.91 Å². The summed E-state index contributed by atoms with van der Waals surface area (Å²) in [5.74, 6) is 0.713. The number of ether oxygens (including phenoxy) is 2. The highest BCUT2D eigenvalue weighted by molar-refractivity contribution is 5.94. The standard InChI is InChI=1S/C25H34N4O6/c1-16-10-20(30)18(12-22(16)34-4)26-24(32)14-28-6-8-29(3,9-7-28)15-25(33)27-19-13-23(35-5)17(2)11-21(19)31/h10-13H,6-9,14-15H2,1-5H3,(H3-,26,27,30,31,32,33)/p+1. The summed E-state index contributed by atoms with van der Waals surface area (Å²) in [6, 6.07) is 6.32. The maximum atomic E-state index is 12.7. The number of phenols is 2. The first-order valence-corrected chi connectivity index (χ1v) is 11.4. The second-order valence-electron chi connectivity index (χ2n) is 9.28. The molecule has 1 aliphatic heterocycles. The van der Waals surface area contributed by atoms with Crippen molar-refractivity contribution in [2.75, 3.05) is 71.2 Å². The third-order valence-corrected chi connectivity index (χ3v) is 6.38. The van der Waals surface area contributed by atoms with Crippen molar-refractivity contribution in [1.29, 1.82) is 0 Å². The summed E-state index contributed by atoms with van der Waals surface area (Å²) in [7, 11) is 5.08. The van der Waals surface area contributed by atoms with Crippen molar-refractivity contribution in [2.45, 2.75) is 13.8 Å². The maximum Gasteiger partial charge on any atom is 0.279 e. The highest BCUT2D eigenvalue weighted by atomic mass is 16.5. The molecule has 0 atom stereocenters. The quantitative estimate of drug-likeness (QED) is 0.332. The lowest BCUT2D eigenvalue weighted by molar-refractivity contribution is -0.905. The van der Waals surface area contributed by atoms with E-state index in [0.717, 1.165) is 11.1 Å². The van der Waals surface area contributed by atoms with Crippen LogP contribution in [0.1, 0.15) is 11.1 Å². The molecule has 1 aliphatic rings. The average molecular weight is 488 g/mol. The number of anilines is 2. The van der Waals surface area contributed by atoms with E-state index in [0.29, 0.717) is 53.5 Å². The largest absolute Gasteiger partial charge is 0.506 e. The molecule has 3 rings (SSSR count). The molecule has 10 heteroatoms. The molecule has 35 heavy (non-hydrogen) atoms. The number of aromatic hydroxyl groups is 2. The van der Waals surface area contributed by atoms with Crippen molar-refractivity contribution in [1.82, 2.24) is 4.90 Å². The van der Waals surface area contributed by atoms with Gasteiger partial charge in [0.05, 0.1) is 52.3 Å². The van der Waals surface area contributed by atoms with Gasteiger partial charge < -0.3 is 34.8 Å². The van der Waals surface area contributed by atoms with Gasteiger partial charge in [-0.15, -0.1) is 0 Å². The lowest BCUT2D eigenvalue weighted by atomic mass is 10.1. The number of methoxy groups -OCH3 is 2. The minimum atomic E-state index is -0.233. The van der Waals surface area contributed by atoms with E-state index < -0.39 is 0 Å². The number of aryl methyl sites for hydroxylation is 2. The summed E-state index contributed by atoms with van der Waals surface area (Å²) in [5.41, 5.74) is 2.17. The Morgan fingerprint density at radius 2 is 1.34 bits per heavy atom. The predicted octanol–water partition coefficient (Wildman–Crippen LogP) is 2.07. The second kappa shape index (κ2) is 10.8. The Bertz CT molecular complexity index is 1100.